The van der Waals surface area contributed by atoms with Crippen LogP contribution in [0.15, 0.2) is 12.3 Å². The Labute approximate surface area is 70.2 Å². The number of amides is 1. The van der Waals surface area contributed by atoms with Crippen LogP contribution >= 0.6 is 0 Å². The maximum absolute atomic E-state index is 11.4. The predicted molar refractivity (Wildman–Crippen MR) is 42.7 cm³/mol. The number of carbonyl (C=O) groups is 1. The number of rotatable bonds is 1. The van der Waals surface area contributed by atoms with Crippen LogP contribution in [0.2, 0.25) is 0 Å². The summed E-state index contributed by atoms with van der Waals surface area (Å²) >= 11 is 0. The third kappa shape index (κ3) is 1.28. The molecule has 0 N–H and O–H groups in total. The van der Waals surface area contributed by atoms with E-state index in [1.807, 2.05) is 0 Å². The van der Waals surface area contributed by atoms with Crippen molar-refractivity contribution in [3.63, 3.8) is 0 Å². The number of carbonyl (C=O) groups excluding carboxylic acids is 1. The minimum absolute atomic E-state index is 0.0144. The molecule has 2 heterocycles. The molecule has 1 aromatic heterocycles. The zero-order valence-corrected chi connectivity index (χ0v) is 6.82. The fraction of sp³-hybridized carbons (Fsp3) is 0.375. The van der Waals surface area contributed by atoms with Gasteiger partial charge >= 0.3 is 0 Å². The lowest BCUT2D eigenvalue weighted by Gasteiger charge is -1.99. The highest BCUT2D eigenvalue weighted by atomic mass is 16.2. The van der Waals surface area contributed by atoms with Gasteiger partial charge < -0.3 is 4.90 Å². The van der Waals surface area contributed by atoms with E-state index in [-0.39, 0.29) is 5.91 Å². The Kier molecular flexibility index (Phi) is 1.53. The van der Waals surface area contributed by atoms with Gasteiger partial charge in [-0.15, -0.1) is 0 Å². The van der Waals surface area contributed by atoms with E-state index in [2.05, 4.69) is 9.97 Å². The van der Waals surface area contributed by atoms with E-state index < -0.39 is 0 Å². The monoisotopic (exact) mass is 163 g/mol. The molecular formula is C8H9N3O. The summed E-state index contributed by atoms with van der Waals surface area (Å²) in [7, 11) is 0. The second kappa shape index (κ2) is 2.55. The fourth-order valence-electron chi connectivity index (χ4n) is 0.990. The minimum atomic E-state index is 0.0144. The van der Waals surface area contributed by atoms with Gasteiger partial charge in [-0.05, 0) is 13.0 Å². The second-order valence-electron chi connectivity index (χ2n) is 2.78. The second-order valence-corrected chi connectivity index (χ2v) is 2.78. The summed E-state index contributed by atoms with van der Waals surface area (Å²) < 4.78 is 0. The maximum Gasteiger partial charge on any atom is 0.272 e. The molecule has 0 bridgehead atoms. The van der Waals surface area contributed by atoms with E-state index in [1.165, 1.54) is 0 Å². The topological polar surface area (TPSA) is 45.9 Å². The predicted octanol–water partition coefficient (Wildman–Crippen LogP) is 0.241. The van der Waals surface area contributed by atoms with E-state index in [0.717, 1.165) is 13.1 Å². The zero-order valence-electron chi connectivity index (χ0n) is 6.82. The summed E-state index contributed by atoms with van der Waals surface area (Å²) in [6.07, 6.45) is 1.61. The van der Waals surface area contributed by atoms with Crippen molar-refractivity contribution in [2.24, 2.45) is 0 Å². The van der Waals surface area contributed by atoms with Gasteiger partial charge in [0.25, 0.3) is 5.91 Å². The van der Waals surface area contributed by atoms with Crippen LogP contribution in [0.3, 0.4) is 0 Å². The average molecular weight is 163 g/mol. The summed E-state index contributed by atoms with van der Waals surface area (Å²) in [4.78, 5) is 21.1. The molecule has 1 fully saturated rings. The summed E-state index contributed by atoms with van der Waals surface area (Å²) in [5.41, 5.74) is 0.500. The lowest BCUT2D eigenvalue weighted by Crippen LogP contribution is -2.13. The lowest BCUT2D eigenvalue weighted by atomic mass is 10.4. The third-order valence-corrected chi connectivity index (χ3v) is 1.73. The Hall–Kier alpha value is -1.45. The molecule has 1 aliphatic rings. The van der Waals surface area contributed by atoms with E-state index in [4.69, 9.17) is 0 Å². The first-order valence-electron chi connectivity index (χ1n) is 3.86. The molecule has 1 saturated heterocycles. The molecule has 4 heteroatoms. The SMILES string of the molecule is Cc1nccc(C(=O)N2CC2)n1. The molecule has 4 nitrogen and oxygen atoms in total. The molecule has 2 rings (SSSR count). The van der Waals surface area contributed by atoms with Gasteiger partial charge in [-0.1, -0.05) is 0 Å². The van der Waals surface area contributed by atoms with Crippen LogP contribution in [0.4, 0.5) is 0 Å². The molecule has 0 saturated carbocycles. The van der Waals surface area contributed by atoms with Gasteiger partial charge in [0.05, 0.1) is 0 Å². The van der Waals surface area contributed by atoms with Crippen molar-refractivity contribution >= 4 is 5.91 Å². The van der Waals surface area contributed by atoms with Crippen molar-refractivity contribution in [2.45, 2.75) is 6.92 Å². The summed E-state index contributed by atoms with van der Waals surface area (Å²) in [6.45, 7) is 3.50. The molecule has 62 valence electrons. The molecule has 0 radical (unpaired) electrons. The highest BCUT2D eigenvalue weighted by Crippen LogP contribution is 2.09. The Bertz CT molecular complexity index is 320. The van der Waals surface area contributed by atoms with Crippen LogP contribution in [0, 0.1) is 6.92 Å². The summed E-state index contributed by atoms with van der Waals surface area (Å²) in [6, 6.07) is 1.65. The minimum Gasteiger partial charge on any atom is -0.334 e. The summed E-state index contributed by atoms with van der Waals surface area (Å²) in [5, 5.41) is 0. The van der Waals surface area contributed by atoms with Crippen molar-refractivity contribution in [1.82, 2.24) is 14.9 Å². The van der Waals surface area contributed by atoms with E-state index in [9.17, 15) is 4.79 Å². The molecule has 0 aliphatic carbocycles. The van der Waals surface area contributed by atoms with E-state index >= 15 is 0 Å². The Balaban J connectivity index is 2.26. The van der Waals surface area contributed by atoms with Crippen LogP contribution in [0.5, 0.6) is 0 Å². The van der Waals surface area contributed by atoms with Gasteiger partial charge in [0.1, 0.15) is 11.5 Å². The maximum atomic E-state index is 11.4. The molecule has 0 unspecified atom stereocenters. The standard InChI is InChI=1S/C8H9N3O/c1-6-9-3-2-7(10-6)8(12)11-4-5-11/h2-3H,4-5H2,1H3. The molecule has 1 aliphatic heterocycles. The van der Waals surface area contributed by atoms with Crippen molar-refractivity contribution in [3.05, 3.63) is 23.8 Å². The normalized spacial score (nSPS) is 14.6. The van der Waals surface area contributed by atoms with Crippen molar-refractivity contribution in [1.29, 1.82) is 0 Å². The number of hydrogen-bond donors (Lipinski definition) is 0. The number of hydrogen-bond acceptors (Lipinski definition) is 3. The van der Waals surface area contributed by atoms with Gasteiger partial charge in [0.15, 0.2) is 0 Å². The van der Waals surface area contributed by atoms with Gasteiger partial charge in [0.2, 0.25) is 0 Å². The Morgan fingerprint density at radius 1 is 1.58 bits per heavy atom. The Morgan fingerprint density at radius 3 is 2.92 bits per heavy atom. The van der Waals surface area contributed by atoms with Crippen LogP contribution in [0.1, 0.15) is 16.3 Å². The smallest absolute Gasteiger partial charge is 0.272 e. The summed E-state index contributed by atoms with van der Waals surface area (Å²) in [5.74, 6) is 0.656. The van der Waals surface area contributed by atoms with Crippen molar-refractivity contribution in [3.8, 4) is 0 Å². The lowest BCUT2D eigenvalue weighted by molar-refractivity contribution is 0.0879. The molecule has 0 spiro atoms. The molecule has 1 amide bonds. The van der Waals surface area contributed by atoms with Crippen molar-refractivity contribution < 1.29 is 4.79 Å². The first-order chi connectivity index (χ1) is 5.77. The van der Waals surface area contributed by atoms with Gasteiger partial charge in [-0.2, -0.15) is 0 Å². The molecule has 0 atom stereocenters. The number of aromatic nitrogens is 2. The Morgan fingerprint density at radius 2 is 2.33 bits per heavy atom. The largest absolute Gasteiger partial charge is 0.334 e. The van der Waals surface area contributed by atoms with Crippen LogP contribution in [0.25, 0.3) is 0 Å². The van der Waals surface area contributed by atoms with Gasteiger partial charge in [0, 0.05) is 19.3 Å². The first-order valence-corrected chi connectivity index (χ1v) is 3.86. The van der Waals surface area contributed by atoms with Crippen LogP contribution in [-0.2, 0) is 0 Å². The first kappa shape index (κ1) is 7.21. The van der Waals surface area contributed by atoms with Gasteiger partial charge in [-0.3, -0.25) is 4.79 Å². The average Bonchev–Trinajstić information content (AvgIpc) is 2.85. The van der Waals surface area contributed by atoms with E-state index in [0.29, 0.717) is 11.5 Å². The number of aryl methyl sites for hydroxylation is 1. The molecule has 0 aromatic carbocycles. The highest BCUT2D eigenvalue weighted by molar-refractivity contribution is 5.93. The van der Waals surface area contributed by atoms with E-state index in [1.54, 1.807) is 24.1 Å². The fourth-order valence-corrected chi connectivity index (χ4v) is 0.990. The van der Waals surface area contributed by atoms with Gasteiger partial charge in [-0.25, -0.2) is 9.97 Å². The third-order valence-electron chi connectivity index (χ3n) is 1.73. The quantitative estimate of drug-likeness (QED) is 0.557. The van der Waals surface area contributed by atoms with Crippen LogP contribution < -0.4 is 0 Å². The zero-order chi connectivity index (χ0) is 8.55. The number of nitrogens with zero attached hydrogens (tertiary/aromatic N) is 3. The molecule has 12 heavy (non-hydrogen) atoms. The van der Waals surface area contributed by atoms with Crippen molar-refractivity contribution in [2.75, 3.05) is 13.1 Å². The van der Waals surface area contributed by atoms with Crippen LogP contribution in [-0.4, -0.2) is 33.9 Å². The molecule has 1 aromatic rings. The molecular weight excluding hydrogens is 154 g/mol. The highest BCUT2D eigenvalue weighted by Gasteiger charge is 2.25.